The standard InChI is InChI=1S/C18H21N3O3S/c1-12-6-8-14(9-7-12)19-17(23)18-21-20-15(25-18)11-24-16(22)10-13-4-2-3-5-13/h6-9,13H,2-5,10-11H2,1H3,(H,19,23). The summed E-state index contributed by atoms with van der Waals surface area (Å²) in [6.07, 6.45) is 5.09. The van der Waals surface area contributed by atoms with Gasteiger partial charge in [0.05, 0.1) is 0 Å². The van der Waals surface area contributed by atoms with E-state index in [4.69, 9.17) is 4.74 Å². The van der Waals surface area contributed by atoms with E-state index in [1.54, 1.807) is 0 Å². The molecular formula is C18H21N3O3S. The Morgan fingerprint density at radius 3 is 2.64 bits per heavy atom. The molecule has 0 unspecified atom stereocenters. The SMILES string of the molecule is Cc1ccc(NC(=O)c2nnc(COC(=O)CC3CCCC3)s2)cc1. The number of aromatic nitrogens is 2. The molecule has 1 N–H and O–H groups in total. The fourth-order valence-corrected chi connectivity index (χ4v) is 3.52. The van der Waals surface area contributed by atoms with Crippen LogP contribution in [0.2, 0.25) is 0 Å². The molecule has 1 amide bonds. The number of nitrogens with one attached hydrogen (secondary N) is 1. The van der Waals surface area contributed by atoms with Crippen LogP contribution in [0.4, 0.5) is 5.69 Å². The second kappa shape index (κ2) is 8.20. The lowest BCUT2D eigenvalue weighted by Crippen LogP contribution is -2.11. The zero-order valence-electron chi connectivity index (χ0n) is 14.2. The van der Waals surface area contributed by atoms with E-state index in [-0.39, 0.29) is 23.5 Å². The van der Waals surface area contributed by atoms with E-state index in [1.807, 2.05) is 31.2 Å². The average Bonchev–Trinajstić information content (AvgIpc) is 3.27. The third-order valence-corrected chi connectivity index (χ3v) is 5.15. The van der Waals surface area contributed by atoms with Gasteiger partial charge in [0.25, 0.3) is 5.91 Å². The Morgan fingerprint density at radius 2 is 1.92 bits per heavy atom. The van der Waals surface area contributed by atoms with Gasteiger partial charge < -0.3 is 10.1 Å². The third-order valence-electron chi connectivity index (χ3n) is 4.26. The predicted octanol–water partition coefficient (Wildman–Crippen LogP) is 3.72. The van der Waals surface area contributed by atoms with Gasteiger partial charge in [-0.3, -0.25) is 9.59 Å². The van der Waals surface area contributed by atoms with E-state index in [2.05, 4.69) is 15.5 Å². The highest BCUT2D eigenvalue weighted by Crippen LogP contribution is 2.27. The van der Waals surface area contributed by atoms with Gasteiger partial charge in [0.1, 0.15) is 6.61 Å². The van der Waals surface area contributed by atoms with Crippen LogP contribution in [0.25, 0.3) is 0 Å². The molecule has 0 aliphatic heterocycles. The smallest absolute Gasteiger partial charge is 0.306 e. The summed E-state index contributed by atoms with van der Waals surface area (Å²) in [5, 5.41) is 11.4. The lowest BCUT2D eigenvalue weighted by atomic mass is 10.1. The molecule has 1 saturated carbocycles. The molecule has 1 aromatic heterocycles. The molecule has 0 atom stereocenters. The van der Waals surface area contributed by atoms with Crippen molar-refractivity contribution in [2.45, 2.75) is 45.6 Å². The number of carbonyl (C=O) groups excluding carboxylic acids is 2. The Morgan fingerprint density at radius 1 is 1.20 bits per heavy atom. The first-order valence-electron chi connectivity index (χ1n) is 8.46. The zero-order chi connectivity index (χ0) is 17.6. The highest BCUT2D eigenvalue weighted by Gasteiger charge is 2.20. The number of ether oxygens (including phenoxy) is 1. The number of hydrogen-bond donors (Lipinski definition) is 1. The van der Waals surface area contributed by atoms with Gasteiger partial charge in [-0.2, -0.15) is 0 Å². The molecular weight excluding hydrogens is 338 g/mol. The first-order chi connectivity index (χ1) is 12.1. The van der Waals surface area contributed by atoms with E-state index in [9.17, 15) is 9.59 Å². The van der Waals surface area contributed by atoms with E-state index in [0.717, 1.165) is 29.7 Å². The number of anilines is 1. The summed E-state index contributed by atoms with van der Waals surface area (Å²) in [6, 6.07) is 7.51. The molecule has 3 rings (SSSR count). The topological polar surface area (TPSA) is 81.2 Å². The minimum atomic E-state index is -0.315. The molecule has 0 bridgehead atoms. The van der Waals surface area contributed by atoms with Crippen LogP contribution in [0.3, 0.4) is 0 Å². The van der Waals surface area contributed by atoms with Crippen LogP contribution < -0.4 is 5.32 Å². The summed E-state index contributed by atoms with van der Waals surface area (Å²) >= 11 is 1.14. The van der Waals surface area contributed by atoms with Crippen LogP contribution in [-0.2, 0) is 16.1 Å². The van der Waals surface area contributed by atoms with Gasteiger partial charge in [-0.1, -0.05) is 41.9 Å². The van der Waals surface area contributed by atoms with Gasteiger partial charge in [-0.05, 0) is 37.8 Å². The normalized spacial score (nSPS) is 14.4. The molecule has 7 heteroatoms. The second-order valence-corrected chi connectivity index (χ2v) is 7.40. The summed E-state index contributed by atoms with van der Waals surface area (Å²) < 4.78 is 5.25. The maximum atomic E-state index is 12.2. The summed E-state index contributed by atoms with van der Waals surface area (Å²) in [5.41, 5.74) is 1.82. The van der Waals surface area contributed by atoms with Crippen molar-refractivity contribution < 1.29 is 14.3 Å². The first-order valence-corrected chi connectivity index (χ1v) is 9.28. The molecule has 25 heavy (non-hydrogen) atoms. The monoisotopic (exact) mass is 359 g/mol. The van der Waals surface area contributed by atoms with Crippen molar-refractivity contribution in [3.05, 3.63) is 39.8 Å². The highest BCUT2D eigenvalue weighted by molar-refractivity contribution is 7.13. The van der Waals surface area contributed by atoms with Crippen LogP contribution in [0, 0.1) is 12.8 Å². The molecule has 1 heterocycles. The number of nitrogens with zero attached hydrogens (tertiary/aromatic N) is 2. The quantitative estimate of drug-likeness (QED) is 0.795. The van der Waals surface area contributed by atoms with Gasteiger partial charge in [-0.25, -0.2) is 0 Å². The van der Waals surface area contributed by atoms with E-state index >= 15 is 0 Å². The van der Waals surface area contributed by atoms with Crippen LogP contribution in [0.5, 0.6) is 0 Å². The van der Waals surface area contributed by atoms with Crippen molar-refractivity contribution in [1.29, 1.82) is 0 Å². The maximum absolute atomic E-state index is 12.2. The Kier molecular flexibility index (Phi) is 5.75. The first kappa shape index (κ1) is 17.5. The van der Waals surface area contributed by atoms with E-state index in [1.165, 1.54) is 12.8 Å². The fourth-order valence-electron chi connectivity index (χ4n) is 2.88. The summed E-state index contributed by atoms with van der Waals surface area (Å²) in [7, 11) is 0. The van der Waals surface area contributed by atoms with Crippen LogP contribution >= 0.6 is 11.3 Å². The molecule has 0 radical (unpaired) electrons. The number of hydrogen-bond acceptors (Lipinski definition) is 6. The predicted molar refractivity (Wildman–Crippen MR) is 95.4 cm³/mol. The number of esters is 1. The highest BCUT2D eigenvalue weighted by atomic mass is 32.1. The number of rotatable bonds is 6. The Bertz CT molecular complexity index is 736. The van der Waals surface area contributed by atoms with E-state index < -0.39 is 0 Å². The second-order valence-electron chi connectivity index (χ2n) is 6.34. The van der Waals surface area contributed by atoms with Gasteiger partial charge in [0.2, 0.25) is 5.01 Å². The molecule has 1 aliphatic rings. The van der Waals surface area contributed by atoms with Gasteiger partial charge in [0, 0.05) is 12.1 Å². The Hall–Kier alpha value is -2.28. The molecule has 1 aromatic carbocycles. The number of carbonyl (C=O) groups is 2. The van der Waals surface area contributed by atoms with Crippen molar-refractivity contribution in [2.24, 2.45) is 5.92 Å². The number of benzene rings is 1. The number of aryl methyl sites for hydroxylation is 1. The van der Waals surface area contributed by atoms with Crippen molar-refractivity contribution in [2.75, 3.05) is 5.32 Å². The largest absolute Gasteiger partial charge is 0.458 e. The van der Waals surface area contributed by atoms with Gasteiger partial charge >= 0.3 is 5.97 Å². The molecule has 1 aliphatic carbocycles. The molecule has 0 spiro atoms. The minimum absolute atomic E-state index is 0.0705. The molecule has 1 fully saturated rings. The van der Waals surface area contributed by atoms with Crippen LogP contribution in [0.15, 0.2) is 24.3 Å². The summed E-state index contributed by atoms with van der Waals surface area (Å²) in [5.74, 6) is -0.0598. The van der Waals surface area contributed by atoms with Crippen molar-refractivity contribution in [3.8, 4) is 0 Å². The van der Waals surface area contributed by atoms with Crippen molar-refractivity contribution in [1.82, 2.24) is 10.2 Å². The van der Waals surface area contributed by atoms with Crippen LogP contribution in [0.1, 0.15) is 52.5 Å². The lowest BCUT2D eigenvalue weighted by Gasteiger charge is -2.07. The Labute approximate surface area is 150 Å². The number of amides is 1. The van der Waals surface area contributed by atoms with Gasteiger partial charge in [0.15, 0.2) is 5.01 Å². The van der Waals surface area contributed by atoms with Crippen LogP contribution in [-0.4, -0.2) is 22.1 Å². The maximum Gasteiger partial charge on any atom is 0.306 e. The fraction of sp³-hybridized carbons (Fsp3) is 0.444. The zero-order valence-corrected chi connectivity index (χ0v) is 15.0. The molecule has 132 valence electrons. The van der Waals surface area contributed by atoms with Crippen molar-refractivity contribution >= 4 is 28.9 Å². The summed E-state index contributed by atoms with van der Waals surface area (Å²) in [4.78, 5) is 24.0. The molecule has 6 nitrogen and oxygen atoms in total. The molecule has 2 aromatic rings. The minimum Gasteiger partial charge on any atom is -0.458 e. The third kappa shape index (κ3) is 5.09. The Balaban J connectivity index is 1.48. The average molecular weight is 359 g/mol. The van der Waals surface area contributed by atoms with Crippen molar-refractivity contribution in [3.63, 3.8) is 0 Å². The molecule has 0 saturated heterocycles. The van der Waals surface area contributed by atoms with E-state index in [0.29, 0.717) is 23.0 Å². The van der Waals surface area contributed by atoms with Gasteiger partial charge in [-0.15, -0.1) is 10.2 Å². The lowest BCUT2D eigenvalue weighted by molar-refractivity contribution is -0.146. The summed E-state index contributed by atoms with van der Waals surface area (Å²) in [6.45, 7) is 2.05.